The monoisotopic (exact) mass is 414 g/mol. The molecular formula is C23H28ClFN4. The van der Waals surface area contributed by atoms with E-state index in [0.29, 0.717) is 5.92 Å². The Balaban J connectivity index is 1.27. The van der Waals surface area contributed by atoms with Crippen molar-refractivity contribution < 1.29 is 4.39 Å². The summed E-state index contributed by atoms with van der Waals surface area (Å²) in [7, 11) is 2.14. The Hall–Kier alpha value is -1.95. The fourth-order valence-electron chi connectivity index (χ4n) is 4.31. The summed E-state index contributed by atoms with van der Waals surface area (Å²) in [4.78, 5) is 12.7. The molecule has 0 radical (unpaired) electrons. The van der Waals surface area contributed by atoms with Gasteiger partial charge in [-0.15, -0.1) is 0 Å². The minimum absolute atomic E-state index is 0.234. The number of nitrogens with one attached hydrogen (secondary N) is 1. The number of H-pyrrole nitrogens is 1. The highest BCUT2D eigenvalue weighted by molar-refractivity contribution is 6.30. The van der Waals surface area contributed by atoms with Crippen molar-refractivity contribution in [1.82, 2.24) is 19.8 Å². The van der Waals surface area contributed by atoms with E-state index in [1.54, 1.807) is 6.07 Å². The van der Waals surface area contributed by atoms with Crippen LogP contribution in [-0.2, 0) is 13.0 Å². The summed E-state index contributed by atoms with van der Waals surface area (Å²) in [6, 6.07) is 12.9. The first-order valence-electron chi connectivity index (χ1n) is 10.3. The number of imidazole rings is 1. The van der Waals surface area contributed by atoms with Crippen LogP contribution in [0, 0.1) is 11.7 Å². The van der Waals surface area contributed by atoms with Gasteiger partial charge in [-0.25, -0.2) is 9.37 Å². The summed E-state index contributed by atoms with van der Waals surface area (Å²) in [6.07, 6.45) is 3.59. The third-order valence-electron chi connectivity index (χ3n) is 5.72. The van der Waals surface area contributed by atoms with E-state index < -0.39 is 0 Å². The quantitative estimate of drug-likeness (QED) is 0.606. The molecule has 29 heavy (non-hydrogen) atoms. The average Bonchev–Trinajstić information content (AvgIpc) is 3.09. The van der Waals surface area contributed by atoms with Crippen LogP contribution in [0.5, 0.6) is 0 Å². The predicted octanol–water partition coefficient (Wildman–Crippen LogP) is 4.74. The van der Waals surface area contributed by atoms with Crippen LogP contribution < -0.4 is 0 Å². The van der Waals surface area contributed by atoms with E-state index in [4.69, 9.17) is 11.6 Å². The third kappa shape index (κ3) is 5.56. The molecule has 154 valence electrons. The lowest BCUT2D eigenvalue weighted by molar-refractivity contribution is 0.141. The molecule has 1 aromatic heterocycles. The lowest BCUT2D eigenvalue weighted by Gasteiger charge is -2.34. The molecule has 0 bridgehead atoms. The number of rotatable bonds is 7. The molecule has 4 rings (SSSR count). The van der Waals surface area contributed by atoms with E-state index in [9.17, 15) is 4.39 Å². The van der Waals surface area contributed by atoms with Crippen LogP contribution in [0.4, 0.5) is 4.39 Å². The molecule has 2 heterocycles. The summed E-state index contributed by atoms with van der Waals surface area (Å²) < 4.78 is 13.4. The van der Waals surface area contributed by atoms with Gasteiger partial charge >= 0.3 is 0 Å². The number of likely N-dealkylation sites (tertiary alicyclic amines) is 1. The number of aromatic nitrogens is 2. The number of halogens is 2. The van der Waals surface area contributed by atoms with Gasteiger partial charge in [0.1, 0.15) is 11.6 Å². The van der Waals surface area contributed by atoms with Crippen LogP contribution in [0.3, 0.4) is 0 Å². The normalized spacial score (nSPS) is 18.0. The molecule has 3 aromatic rings. The van der Waals surface area contributed by atoms with E-state index in [1.807, 2.05) is 12.1 Å². The minimum atomic E-state index is -0.234. The molecule has 0 spiro atoms. The van der Waals surface area contributed by atoms with Crippen LogP contribution in [0.25, 0.3) is 11.0 Å². The molecule has 1 fully saturated rings. The van der Waals surface area contributed by atoms with Crippen LogP contribution in [-0.4, -0.2) is 53.0 Å². The number of nitrogens with zero attached hydrogens (tertiary/aromatic N) is 3. The second kappa shape index (κ2) is 9.24. The van der Waals surface area contributed by atoms with Crippen molar-refractivity contribution in [2.24, 2.45) is 5.92 Å². The number of fused-ring (bicyclic) bond motifs is 1. The third-order valence-corrected chi connectivity index (χ3v) is 5.97. The highest BCUT2D eigenvalue weighted by Crippen LogP contribution is 2.20. The van der Waals surface area contributed by atoms with Gasteiger partial charge in [0.25, 0.3) is 0 Å². The SMILES string of the molecule is CN(Cc1nc2ccc(F)cc2[nH]1)C[C@@H]1CCCN(CCc2ccc(Cl)cc2)C1. The van der Waals surface area contributed by atoms with Gasteiger partial charge in [0.15, 0.2) is 0 Å². The van der Waals surface area contributed by atoms with Crippen LogP contribution in [0.1, 0.15) is 24.2 Å². The smallest absolute Gasteiger partial charge is 0.125 e. The van der Waals surface area contributed by atoms with Gasteiger partial charge in [-0.2, -0.15) is 0 Å². The zero-order chi connectivity index (χ0) is 20.2. The molecule has 1 N–H and O–H groups in total. The Morgan fingerprint density at radius 2 is 2.07 bits per heavy atom. The first kappa shape index (κ1) is 20.3. The Morgan fingerprint density at radius 1 is 1.24 bits per heavy atom. The van der Waals surface area contributed by atoms with Crippen molar-refractivity contribution in [2.45, 2.75) is 25.8 Å². The lowest BCUT2D eigenvalue weighted by atomic mass is 9.97. The van der Waals surface area contributed by atoms with Gasteiger partial charge < -0.3 is 9.88 Å². The Kier molecular flexibility index (Phi) is 6.48. The van der Waals surface area contributed by atoms with Gasteiger partial charge in [0, 0.05) is 24.7 Å². The van der Waals surface area contributed by atoms with E-state index in [0.717, 1.165) is 54.5 Å². The van der Waals surface area contributed by atoms with Crippen molar-refractivity contribution in [3.8, 4) is 0 Å². The first-order chi connectivity index (χ1) is 14.0. The average molecular weight is 415 g/mol. The molecule has 1 aliphatic rings. The molecule has 0 saturated carbocycles. The lowest BCUT2D eigenvalue weighted by Crippen LogP contribution is -2.40. The predicted molar refractivity (Wildman–Crippen MR) is 117 cm³/mol. The summed E-state index contributed by atoms with van der Waals surface area (Å²) in [6.45, 7) is 5.21. The Bertz CT molecular complexity index is 940. The van der Waals surface area contributed by atoms with Gasteiger partial charge in [-0.3, -0.25) is 4.90 Å². The van der Waals surface area contributed by atoms with Crippen molar-refractivity contribution in [3.63, 3.8) is 0 Å². The maximum atomic E-state index is 13.4. The van der Waals surface area contributed by atoms with Gasteiger partial charge in [-0.05, 0) is 74.7 Å². The van der Waals surface area contributed by atoms with Crippen molar-refractivity contribution in [1.29, 1.82) is 0 Å². The second-order valence-electron chi connectivity index (χ2n) is 8.23. The Labute approximate surface area is 176 Å². The largest absolute Gasteiger partial charge is 0.341 e. The van der Waals surface area contributed by atoms with E-state index in [2.05, 4.69) is 38.9 Å². The topological polar surface area (TPSA) is 35.2 Å². The van der Waals surface area contributed by atoms with Crippen molar-refractivity contribution in [3.05, 3.63) is 64.7 Å². The fourth-order valence-corrected chi connectivity index (χ4v) is 4.44. The fraction of sp³-hybridized carbons (Fsp3) is 0.435. The zero-order valence-electron chi connectivity index (χ0n) is 16.9. The maximum Gasteiger partial charge on any atom is 0.125 e. The first-order valence-corrected chi connectivity index (χ1v) is 10.7. The van der Waals surface area contributed by atoms with Crippen molar-refractivity contribution >= 4 is 22.6 Å². The molecule has 1 atom stereocenters. The standard InChI is InChI=1S/C23H28ClFN4/c1-28(16-23-26-21-9-8-20(25)13-22(21)27-23)14-18-3-2-11-29(15-18)12-10-17-4-6-19(24)7-5-17/h4-9,13,18H,2-3,10-12,14-16H2,1H3,(H,26,27)/t18-/m0/s1. The molecule has 6 heteroatoms. The summed E-state index contributed by atoms with van der Waals surface area (Å²) >= 11 is 5.98. The van der Waals surface area contributed by atoms with Gasteiger partial charge in [0.05, 0.1) is 17.6 Å². The molecule has 2 aromatic carbocycles. The van der Waals surface area contributed by atoms with Gasteiger partial charge in [0.2, 0.25) is 0 Å². The van der Waals surface area contributed by atoms with E-state index in [-0.39, 0.29) is 5.82 Å². The van der Waals surface area contributed by atoms with Crippen molar-refractivity contribution in [2.75, 3.05) is 33.2 Å². The van der Waals surface area contributed by atoms with Gasteiger partial charge in [-0.1, -0.05) is 23.7 Å². The molecule has 0 unspecified atom stereocenters. The molecule has 4 nitrogen and oxygen atoms in total. The highest BCUT2D eigenvalue weighted by Gasteiger charge is 2.21. The maximum absolute atomic E-state index is 13.4. The van der Waals surface area contributed by atoms with E-state index >= 15 is 0 Å². The Morgan fingerprint density at radius 3 is 2.90 bits per heavy atom. The zero-order valence-corrected chi connectivity index (χ0v) is 17.6. The summed E-state index contributed by atoms with van der Waals surface area (Å²) in [5.74, 6) is 1.33. The molecular weight excluding hydrogens is 387 g/mol. The summed E-state index contributed by atoms with van der Waals surface area (Å²) in [5.41, 5.74) is 2.93. The number of benzene rings is 2. The number of hydrogen-bond donors (Lipinski definition) is 1. The van der Waals surface area contributed by atoms with E-state index in [1.165, 1.54) is 37.1 Å². The number of piperidine rings is 1. The number of hydrogen-bond acceptors (Lipinski definition) is 3. The van der Waals surface area contributed by atoms with Crippen LogP contribution >= 0.6 is 11.6 Å². The molecule has 1 aliphatic heterocycles. The molecule has 0 aliphatic carbocycles. The number of aromatic amines is 1. The summed E-state index contributed by atoms with van der Waals surface area (Å²) in [5, 5.41) is 0.796. The minimum Gasteiger partial charge on any atom is -0.341 e. The molecule has 0 amide bonds. The highest BCUT2D eigenvalue weighted by atomic mass is 35.5. The molecule has 1 saturated heterocycles. The van der Waals surface area contributed by atoms with Crippen LogP contribution in [0.2, 0.25) is 5.02 Å². The second-order valence-corrected chi connectivity index (χ2v) is 8.66. The van der Waals surface area contributed by atoms with Crippen LogP contribution in [0.15, 0.2) is 42.5 Å².